The zero-order valence-electron chi connectivity index (χ0n) is 16.0. The molecule has 3 rings (SSSR count). The van der Waals surface area contributed by atoms with Gasteiger partial charge in [0, 0.05) is 17.7 Å². The van der Waals surface area contributed by atoms with E-state index in [0.29, 0.717) is 5.75 Å². The third kappa shape index (κ3) is 4.82. The van der Waals surface area contributed by atoms with Gasteiger partial charge >= 0.3 is 0 Å². The molecule has 0 saturated carbocycles. The maximum atomic E-state index is 12.5. The number of carbonyl (C=O) groups excluding carboxylic acids is 1. The van der Waals surface area contributed by atoms with Gasteiger partial charge in [-0.3, -0.25) is 4.79 Å². The number of rotatable bonds is 5. The number of thioether (sulfide) groups is 1. The third-order valence-electron chi connectivity index (χ3n) is 4.55. The fourth-order valence-corrected chi connectivity index (χ4v) is 4.17. The lowest BCUT2D eigenvalue weighted by Crippen LogP contribution is -2.41. The van der Waals surface area contributed by atoms with Crippen LogP contribution in [0, 0.1) is 13.8 Å². The van der Waals surface area contributed by atoms with Gasteiger partial charge in [-0.15, -0.1) is 11.8 Å². The fourth-order valence-electron chi connectivity index (χ4n) is 3.39. The number of fused-ring (bicyclic) bond motifs is 1. The van der Waals surface area contributed by atoms with Crippen molar-refractivity contribution in [2.45, 2.75) is 51.5 Å². The summed E-state index contributed by atoms with van der Waals surface area (Å²) in [5.74, 6) is 2.28. The van der Waals surface area contributed by atoms with E-state index in [-0.39, 0.29) is 17.6 Å². The minimum absolute atomic E-state index is 0.00131. The standard InChI is InChI=1S/C22H27NO2S/c1-15-6-5-7-17(10-15)13-26-14-21(24)23-19-12-22(3,4)25-20-11-16(2)8-9-18(19)20/h5-11,19H,12-14H2,1-4H3,(H,23,24)/t19-/m1/s1. The second-order valence-electron chi connectivity index (χ2n) is 7.71. The monoisotopic (exact) mass is 369 g/mol. The molecule has 1 aliphatic rings. The van der Waals surface area contributed by atoms with Crippen LogP contribution in [-0.2, 0) is 10.5 Å². The van der Waals surface area contributed by atoms with Crippen LogP contribution in [0.25, 0.3) is 0 Å². The quantitative estimate of drug-likeness (QED) is 0.810. The summed E-state index contributed by atoms with van der Waals surface area (Å²) in [4.78, 5) is 12.5. The van der Waals surface area contributed by atoms with Gasteiger partial charge in [-0.1, -0.05) is 42.0 Å². The second kappa shape index (κ2) is 7.75. The summed E-state index contributed by atoms with van der Waals surface area (Å²) in [5, 5.41) is 3.21. The summed E-state index contributed by atoms with van der Waals surface area (Å²) in [5.41, 5.74) is 4.47. The first kappa shape index (κ1) is 18.8. The first-order valence-electron chi connectivity index (χ1n) is 9.05. The largest absolute Gasteiger partial charge is 0.487 e. The van der Waals surface area contributed by atoms with Gasteiger partial charge in [-0.2, -0.15) is 0 Å². The second-order valence-corrected chi connectivity index (χ2v) is 8.69. The van der Waals surface area contributed by atoms with Crippen LogP contribution in [0.15, 0.2) is 42.5 Å². The van der Waals surface area contributed by atoms with E-state index in [2.05, 4.69) is 75.5 Å². The SMILES string of the molecule is Cc1cccc(CSCC(=O)N[C@@H]2CC(C)(C)Oc3cc(C)ccc32)c1. The highest BCUT2D eigenvalue weighted by molar-refractivity contribution is 7.99. The topological polar surface area (TPSA) is 38.3 Å². The Hall–Kier alpha value is -1.94. The highest BCUT2D eigenvalue weighted by atomic mass is 32.2. The Morgan fingerprint density at radius 1 is 1.19 bits per heavy atom. The van der Waals surface area contributed by atoms with E-state index < -0.39 is 0 Å². The van der Waals surface area contributed by atoms with Crippen molar-refractivity contribution in [1.82, 2.24) is 5.32 Å². The molecule has 0 unspecified atom stereocenters. The zero-order chi connectivity index (χ0) is 18.7. The first-order valence-corrected chi connectivity index (χ1v) is 10.2. The molecule has 1 amide bonds. The fraction of sp³-hybridized carbons (Fsp3) is 0.409. The van der Waals surface area contributed by atoms with Crippen molar-refractivity contribution >= 4 is 17.7 Å². The van der Waals surface area contributed by atoms with Crippen LogP contribution < -0.4 is 10.1 Å². The molecular formula is C22H27NO2S. The van der Waals surface area contributed by atoms with E-state index in [4.69, 9.17) is 4.74 Å². The molecule has 26 heavy (non-hydrogen) atoms. The number of hydrogen-bond donors (Lipinski definition) is 1. The highest BCUT2D eigenvalue weighted by Gasteiger charge is 2.34. The molecule has 0 fully saturated rings. The van der Waals surface area contributed by atoms with Crippen molar-refractivity contribution in [2.75, 3.05) is 5.75 Å². The van der Waals surface area contributed by atoms with Gasteiger partial charge in [0.05, 0.1) is 11.8 Å². The zero-order valence-corrected chi connectivity index (χ0v) is 16.8. The number of amides is 1. The number of benzene rings is 2. The maximum Gasteiger partial charge on any atom is 0.230 e. The number of aryl methyl sites for hydroxylation is 2. The number of carbonyl (C=O) groups is 1. The van der Waals surface area contributed by atoms with Crippen LogP contribution in [0.3, 0.4) is 0 Å². The van der Waals surface area contributed by atoms with Crippen molar-refractivity contribution in [2.24, 2.45) is 0 Å². The molecule has 0 aliphatic carbocycles. The molecule has 1 aliphatic heterocycles. The Bertz CT molecular complexity index is 800. The number of nitrogens with one attached hydrogen (secondary N) is 1. The average molecular weight is 370 g/mol. The van der Waals surface area contributed by atoms with E-state index in [9.17, 15) is 4.79 Å². The predicted molar refractivity (Wildman–Crippen MR) is 109 cm³/mol. The van der Waals surface area contributed by atoms with Crippen LogP contribution in [0.2, 0.25) is 0 Å². The minimum Gasteiger partial charge on any atom is -0.487 e. The summed E-state index contributed by atoms with van der Waals surface area (Å²) >= 11 is 1.65. The van der Waals surface area contributed by atoms with Crippen molar-refractivity contribution in [3.8, 4) is 5.75 Å². The first-order chi connectivity index (χ1) is 12.3. The number of ether oxygens (including phenoxy) is 1. The molecule has 0 spiro atoms. The van der Waals surface area contributed by atoms with E-state index in [1.54, 1.807) is 11.8 Å². The minimum atomic E-state index is -0.284. The van der Waals surface area contributed by atoms with Gasteiger partial charge < -0.3 is 10.1 Å². The van der Waals surface area contributed by atoms with Crippen LogP contribution in [0.1, 0.15) is 48.6 Å². The van der Waals surface area contributed by atoms with Gasteiger partial charge in [0.25, 0.3) is 0 Å². The lowest BCUT2D eigenvalue weighted by molar-refractivity contribution is -0.119. The Kier molecular flexibility index (Phi) is 5.61. The van der Waals surface area contributed by atoms with E-state index >= 15 is 0 Å². The van der Waals surface area contributed by atoms with Crippen LogP contribution in [0.5, 0.6) is 5.75 Å². The lowest BCUT2D eigenvalue weighted by Gasteiger charge is -2.38. The van der Waals surface area contributed by atoms with Crippen molar-refractivity contribution < 1.29 is 9.53 Å². The molecule has 0 aromatic heterocycles. The van der Waals surface area contributed by atoms with Crippen LogP contribution in [-0.4, -0.2) is 17.3 Å². The molecule has 4 heteroatoms. The predicted octanol–water partition coefficient (Wildman–Crippen LogP) is 4.96. The van der Waals surface area contributed by atoms with Gasteiger partial charge in [-0.25, -0.2) is 0 Å². The third-order valence-corrected chi connectivity index (χ3v) is 5.55. The van der Waals surface area contributed by atoms with Crippen molar-refractivity contribution in [1.29, 1.82) is 0 Å². The molecule has 2 aromatic carbocycles. The maximum absolute atomic E-state index is 12.5. The molecule has 0 saturated heterocycles. The Morgan fingerprint density at radius 3 is 2.73 bits per heavy atom. The van der Waals surface area contributed by atoms with E-state index in [1.165, 1.54) is 16.7 Å². The summed E-state index contributed by atoms with van der Waals surface area (Å²) in [7, 11) is 0. The average Bonchev–Trinajstić information content (AvgIpc) is 2.53. The Morgan fingerprint density at radius 2 is 1.96 bits per heavy atom. The molecule has 138 valence electrons. The lowest BCUT2D eigenvalue weighted by atomic mass is 9.89. The normalized spacial score (nSPS) is 17.9. The van der Waals surface area contributed by atoms with Gasteiger partial charge in [-0.05, 0) is 44.9 Å². The molecule has 1 heterocycles. The molecule has 1 atom stereocenters. The Balaban J connectivity index is 1.60. The van der Waals surface area contributed by atoms with E-state index in [1.807, 2.05) is 0 Å². The molecule has 0 radical (unpaired) electrons. The molecule has 1 N–H and O–H groups in total. The van der Waals surface area contributed by atoms with Gasteiger partial charge in [0.1, 0.15) is 11.4 Å². The van der Waals surface area contributed by atoms with Crippen molar-refractivity contribution in [3.63, 3.8) is 0 Å². The number of hydrogen-bond acceptors (Lipinski definition) is 3. The van der Waals surface area contributed by atoms with Crippen LogP contribution in [0.4, 0.5) is 0 Å². The summed E-state index contributed by atoms with van der Waals surface area (Å²) in [6.07, 6.45) is 0.775. The molecule has 3 nitrogen and oxygen atoms in total. The molecular weight excluding hydrogens is 342 g/mol. The highest BCUT2D eigenvalue weighted by Crippen LogP contribution is 2.39. The van der Waals surface area contributed by atoms with Crippen molar-refractivity contribution in [3.05, 3.63) is 64.7 Å². The van der Waals surface area contributed by atoms with E-state index in [0.717, 1.165) is 23.5 Å². The van der Waals surface area contributed by atoms with Gasteiger partial charge in [0.15, 0.2) is 0 Å². The summed E-state index contributed by atoms with van der Waals surface area (Å²) in [6.45, 7) is 8.29. The summed E-state index contributed by atoms with van der Waals surface area (Å²) in [6, 6.07) is 14.6. The van der Waals surface area contributed by atoms with Crippen LogP contribution >= 0.6 is 11.8 Å². The molecule has 2 aromatic rings. The smallest absolute Gasteiger partial charge is 0.230 e. The summed E-state index contributed by atoms with van der Waals surface area (Å²) < 4.78 is 6.11. The van der Waals surface area contributed by atoms with Gasteiger partial charge in [0.2, 0.25) is 5.91 Å². The Labute approximate surface area is 160 Å². The molecule has 0 bridgehead atoms.